The summed E-state index contributed by atoms with van der Waals surface area (Å²) >= 11 is 0. The highest BCUT2D eigenvalue weighted by molar-refractivity contribution is 5.32. The van der Waals surface area contributed by atoms with Crippen molar-refractivity contribution in [1.82, 2.24) is 0 Å². The van der Waals surface area contributed by atoms with Gasteiger partial charge in [0.1, 0.15) is 0 Å². The van der Waals surface area contributed by atoms with Crippen LogP contribution in [-0.2, 0) is 5.41 Å². The van der Waals surface area contributed by atoms with Crippen LogP contribution in [0.5, 0.6) is 0 Å². The van der Waals surface area contributed by atoms with E-state index in [9.17, 15) is 5.11 Å². The number of hydrogen-bond acceptors (Lipinski definition) is 1. The Bertz CT molecular complexity index is 255. The van der Waals surface area contributed by atoms with Crippen molar-refractivity contribution < 1.29 is 5.11 Å². The molecule has 0 spiro atoms. The van der Waals surface area contributed by atoms with Crippen molar-refractivity contribution in [1.29, 1.82) is 0 Å². The average Bonchev–Trinajstić information content (AvgIpc) is 2.64. The van der Waals surface area contributed by atoms with Crippen molar-refractivity contribution in [2.75, 3.05) is 0 Å². The maximum atomic E-state index is 9.34. The Morgan fingerprint density at radius 2 is 1.91 bits per heavy atom. The zero-order valence-corrected chi connectivity index (χ0v) is 6.62. The first-order valence-electron chi connectivity index (χ1n) is 3.97. The van der Waals surface area contributed by atoms with Crippen molar-refractivity contribution in [3.8, 4) is 0 Å². The predicted octanol–water partition coefficient (Wildman–Crippen LogP) is 1.71. The van der Waals surface area contributed by atoms with Gasteiger partial charge in [0.05, 0.1) is 6.10 Å². The molecule has 0 bridgehead atoms. The van der Waals surface area contributed by atoms with Gasteiger partial charge in [0.25, 0.3) is 0 Å². The van der Waals surface area contributed by atoms with E-state index in [2.05, 4.69) is 19.1 Å². The third-order valence-electron chi connectivity index (χ3n) is 2.63. The molecule has 0 unspecified atom stereocenters. The summed E-state index contributed by atoms with van der Waals surface area (Å²) < 4.78 is 0. The van der Waals surface area contributed by atoms with Crippen LogP contribution in [0.2, 0.25) is 0 Å². The Morgan fingerprint density at radius 1 is 1.36 bits per heavy atom. The summed E-state index contributed by atoms with van der Waals surface area (Å²) in [6.45, 7) is 2.10. The first kappa shape index (κ1) is 6.86. The molecule has 2 rings (SSSR count). The molecule has 1 aromatic carbocycles. The summed E-state index contributed by atoms with van der Waals surface area (Å²) in [4.78, 5) is 0. The number of aliphatic hydroxyl groups excluding tert-OH is 1. The van der Waals surface area contributed by atoms with Crippen molar-refractivity contribution in [2.24, 2.45) is 0 Å². The first-order chi connectivity index (χ1) is 5.23. The Kier molecular flexibility index (Phi) is 1.30. The van der Waals surface area contributed by atoms with Crippen LogP contribution >= 0.6 is 0 Å². The molecular formula is C10H12O. The molecule has 0 heterocycles. The molecule has 0 saturated heterocycles. The SMILES string of the molecule is C[C@@]1(c2ccccc2)C[C@H]1O. The van der Waals surface area contributed by atoms with Crippen LogP contribution < -0.4 is 0 Å². The van der Waals surface area contributed by atoms with E-state index in [-0.39, 0.29) is 11.5 Å². The summed E-state index contributed by atoms with van der Waals surface area (Å²) in [7, 11) is 0. The highest BCUT2D eigenvalue weighted by Gasteiger charge is 2.50. The van der Waals surface area contributed by atoms with E-state index in [1.54, 1.807) is 0 Å². The summed E-state index contributed by atoms with van der Waals surface area (Å²) in [5, 5.41) is 9.34. The van der Waals surface area contributed by atoms with Gasteiger partial charge in [-0.2, -0.15) is 0 Å². The van der Waals surface area contributed by atoms with Crippen LogP contribution in [0.1, 0.15) is 18.9 Å². The van der Waals surface area contributed by atoms with Gasteiger partial charge in [-0.1, -0.05) is 37.3 Å². The normalized spacial score (nSPS) is 35.3. The minimum atomic E-state index is -0.120. The highest BCUT2D eigenvalue weighted by Crippen LogP contribution is 2.47. The maximum Gasteiger partial charge on any atom is 0.0644 e. The summed E-state index contributed by atoms with van der Waals surface area (Å²) in [6, 6.07) is 10.2. The summed E-state index contributed by atoms with van der Waals surface area (Å²) in [6.07, 6.45) is 0.793. The lowest BCUT2D eigenvalue weighted by Gasteiger charge is -2.07. The van der Waals surface area contributed by atoms with Crippen molar-refractivity contribution in [3.63, 3.8) is 0 Å². The first-order valence-corrected chi connectivity index (χ1v) is 3.97. The fourth-order valence-electron chi connectivity index (χ4n) is 1.47. The van der Waals surface area contributed by atoms with E-state index >= 15 is 0 Å². The molecule has 1 fully saturated rings. The molecule has 1 aromatic rings. The van der Waals surface area contributed by atoms with E-state index in [1.807, 2.05) is 18.2 Å². The Labute approximate surface area is 66.7 Å². The Balaban J connectivity index is 2.32. The standard InChI is InChI=1S/C10H12O/c1-10(7-9(10)11)8-5-3-2-4-6-8/h2-6,9,11H,7H2,1H3/t9-,10+/m1/s1. The fourth-order valence-corrected chi connectivity index (χ4v) is 1.47. The Morgan fingerprint density at radius 3 is 2.36 bits per heavy atom. The molecule has 2 atom stereocenters. The smallest absolute Gasteiger partial charge is 0.0644 e. The van der Waals surface area contributed by atoms with Crippen LogP contribution in [0, 0.1) is 0 Å². The second-order valence-corrected chi connectivity index (χ2v) is 3.50. The lowest BCUT2D eigenvalue weighted by molar-refractivity contribution is 0.252. The topological polar surface area (TPSA) is 20.2 Å². The van der Waals surface area contributed by atoms with Gasteiger partial charge >= 0.3 is 0 Å². The van der Waals surface area contributed by atoms with Crippen LogP contribution in [0.15, 0.2) is 30.3 Å². The van der Waals surface area contributed by atoms with Gasteiger partial charge in [-0.3, -0.25) is 0 Å². The molecule has 58 valence electrons. The summed E-state index contributed by atoms with van der Waals surface area (Å²) in [5.74, 6) is 0. The van der Waals surface area contributed by atoms with Gasteiger partial charge in [-0.25, -0.2) is 0 Å². The van der Waals surface area contributed by atoms with Gasteiger partial charge in [0, 0.05) is 5.41 Å². The predicted molar refractivity (Wildman–Crippen MR) is 44.4 cm³/mol. The molecule has 1 heteroatoms. The number of aliphatic hydroxyl groups is 1. The lowest BCUT2D eigenvalue weighted by atomic mass is 9.98. The maximum absolute atomic E-state index is 9.34. The molecule has 1 aliphatic carbocycles. The molecule has 11 heavy (non-hydrogen) atoms. The fraction of sp³-hybridized carbons (Fsp3) is 0.400. The van der Waals surface area contributed by atoms with E-state index in [0.29, 0.717) is 0 Å². The second-order valence-electron chi connectivity index (χ2n) is 3.50. The molecule has 1 nitrogen and oxygen atoms in total. The molecule has 1 aliphatic rings. The van der Waals surface area contributed by atoms with Gasteiger partial charge in [0.2, 0.25) is 0 Å². The van der Waals surface area contributed by atoms with Gasteiger partial charge < -0.3 is 5.11 Å². The minimum absolute atomic E-state index is 0.0568. The second kappa shape index (κ2) is 2.08. The molecule has 0 aliphatic heterocycles. The molecule has 0 radical (unpaired) electrons. The van der Waals surface area contributed by atoms with Crippen LogP contribution in [-0.4, -0.2) is 11.2 Å². The van der Waals surface area contributed by atoms with Gasteiger partial charge in [-0.15, -0.1) is 0 Å². The molecular weight excluding hydrogens is 136 g/mol. The highest BCUT2D eigenvalue weighted by atomic mass is 16.3. The minimum Gasteiger partial charge on any atom is -0.392 e. The molecule has 0 amide bonds. The number of hydrogen-bond donors (Lipinski definition) is 1. The largest absolute Gasteiger partial charge is 0.392 e. The molecule has 0 aromatic heterocycles. The van der Waals surface area contributed by atoms with Crippen LogP contribution in [0.4, 0.5) is 0 Å². The third-order valence-corrected chi connectivity index (χ3v) is 2.63. The van der Waals surface area contributed by atoms with E-state index in [4.69, 9.17) is 0 Å². The van der Waals surface area contributed by atoms with Gasteiger partial charge in [0.15, 0.2) is 0 Å². The van der Waals surface area contributed by atoms with Crippen LogP contribution in [0.3, 0.4) is 0 Å². The monoisotopic (exact) mass is 148 g/mol. The Hall–Kier alpha value is -0.820. The van der Waals surface area contributed by atoms with E-state index in [1.165, 1.54) is 5.56 Å². The van der Waals surface area contributed by atoms with Gasteiger partial charge in [-0.05, 0) is 12.0 Å². The lowest BCUT2D eigenvalue weighted by Crippen LogP contribution is -2.05. The molecule has 1 saturated carbocycles. The zero-order valence-electron chi connectivity index (χ0n) is 6.62. The number of benzene rings is 1. The average molecular weight is 148 g/mol. The summed E-state index contributed by atoms with van der Waals surface area (Å²) in [5.41, 5.74) is 1.31. The molecule has 1 N–H and O–H groups in total. The van der Waals surface area contributed by atoms with E-state index < -0.39 is 0 Å². The van der Waals surface area contributed by atoms with E-state index in [0.717, 1.165) is 6.42 Å². The third kappa shape index (κ3) is 0.962. The van der Waals surface area contributed by atoms with Crippen LogP contribution in [0.25, 0.3) is 0 Å². The van der Waals surface area contributed by atoms with Crippen molar-refractivity contribution in [3.05, 3.63) is 35.9 Å². The van der Waals surface area contributed by atoms with Crippen molar-refractivity contribution >= 4 is 0 Å². The zero-order chi connectivity index (χ0) is 7.90. The quantitative estimate of drug-likeness (QED) is 0.642. The van der Waals surface area contributed by atoms with Crippen molar-refractivity contribution in [2.45, 2.75) is 24.9 Å². The number of rotatable bonds is 1.